The third-order valence-corrected chi connectivity index (χ3v) is 6.82. The van der Waals surface area contributed by atoms with E-state index in [-0.39, 0.29) is 0 Å². The van der Waals surface area contributed by atoms with E-state index in [4.69, 9.17) is 4.98 Å². The highest BCUT2D eigenvalue weighted by Crippen LogP contribution is 2.24. The van der Waals surface area contributed by atoms with Crippen molar-refractivity contribution in [3.8, 4) is 11.4 Å². The Kier molecular flexibility index (Phi) is 5.70. The number of hydrogen-bond acceptors (Lipinski definition) is 7. The standard InChI is InChI=1S/C26H29N7O/c34-23(17-32-9-6-18-3-1-2-4-21(18)16-32)15-29-24-11-19(5-8-28-24)25-30-12-20-7-10-33(26(20)31-25)22-13-27-14-22/h1-5,7-8,10-12,22-23,27,34H,6,9,13-17H2,(H,28,29). The van der Waals surface area contributed by atoms with Crippen molar-refractivity contribution in [1.29, 1.82) is 0 Å². The van der Waals surface area contributed by atoms with Crippen molar-refractivity contribution in [3.63, 3.8) is 0 Å². The zero-order valence-corrected chi connectivity index (χ0v) is 19.1. The molecule has 3 N–H and O–H groups in total. The highest BCUT2D eigenvalue weighted by molar-refractivity contribution is 5.77. The SMILES string of the molecule is OC(CNc1cc(-c2ncc3ccn(C4CNC4)c3n2)ccn1)CN1CCc2ccccc2C1. The van der Waals surface area contributed by atoms with Crippen molar-refractivity contribution in [2.45, 2.75) is 25.1 Å². The third-order valence-electron chi connectivity index (χ3n) is 6.82. The van der Waals surface area contributed by atoms with Gasteiger partial charge in [-0.25, -0.2) is 15.0 Å². The summed E-state index contributed by atoms with van der Waals surface area (Å²) < 4.78 is 2.23. The van der Waals surface area contributed by atoms with E-state index >= 15 is 0 Å². The van der Waals surface area contributed by atoms with E-state index < -0.39 is 6.10 Å². The normalized spacial score (nSPS) is 17.3. The van der Waals surface area contributed by atoms with Crippen molar-refractivity contribution in [1.82, 2.24) is 29.7 Å². The predicted molar refractivity (Wildman–Crippen MR) is 133 cm³/mol. The van der Waals surface area contributed by atoms with E-state index in [1.165, 1.54) is 11.1 Å². The first kappa shape index (κ1) is 21.2. The van der Waals surface area contributed by atoms with Gasteiger partial charge in [0.05, 0.1) is 12.1 Å². The van der Waals surface area contributed by atoms with E-state index in [1.807, 2.05) is 18.3 Å². The largest absolute Gasteiger partial charge is 0.390 e. The van der Waals surface area contributed by atoms with Crippen LogP contribution in [0.4, 0.5) is 5.82 Å². The van der Waals surface area contributed by atoms with Crippen molar-refractivity contribution < 1.29 is 5.11 Å². The van der Waals surface area contributed by atoms with Crippen LogP contribution in [-0.2, 0) is 13.0 Å². The van der Waals surface area contributed by atoms with Gasteiger partial charge in [-0.2, -0.15) is 0 Å². The van der Waals surface area contributed by atoms with Gasteiger partial charge in [0.15, 0.2) is 5.82 Å². The Bertz CT molecular complexity index is 1300. The predicted octanol–water partition coefficient (Wildman–Crippen LogP) is 2.47. The number of benzene rings is 1. The zero-order chi connectivity index (χ0) is 22.9. The van der Waals surface area contributed by atoms with Crippen molar-refractivity contribution in [2.24, 2.45) is 0 Å². The van der Waals surface area contributed by atoms with Gasteiger partial charge in [0.1, 0.15) is 11.5 Å². The molecule has 5 heterocycles. The average Bonchev–Trinajstić information content (AvgIpc) is 3.24. The topological polar surface area (TPSA) is 91.1 Å². The molecule has 0 bridgehead atoms. The number of aliphatic hydroxyl groups is 1. The number of hydrogen-bond donors (Lipinski definition) is 3. The number of aliphatic hydroxyl groups excluding tert-OH is 1. The maximum atomic E-state index is 10.6. The maximum absolute atomic E-state index is 10.6. The summed E-state index contributed by atoms with van der Waals surface area (Å²) in [5.74, 6) is 1.39. The van der Waals surface area contributed by atoms with Crippen LogP contribution < -0.4 is 10.6 Å². The molecule has 0 aliphatic carbocycles. The molecule has 0 radical (unpaired) electrons. The summed E-state index contributed by atoms with van der Waals surface area (Å²) in [6.45, 7) is 4.87. The van der Waals surface area contributed by atoms with Gasteiger partial charge in [-0.05, 0) is 35.7 Å². The fraction of sp³-hybridized carbons (Fsp3) is 0.346. The van der Waals surface area contributed by atoms with Crippen molar-refractivity contribution >= 4 is 16.9 Å². The van der Waals surface area contributed by atoms with Gasteiger partial charge in [-0.3, -0.25) is 4.90 Å². The molecule has 1 unspecified atom stereocenters. The maximum Gasteiger partial charge on any atom is 0.161 e. The number of β-amino-alcohol motifs (C(OH)–C–C–N with tert-alkyl or cyclic N) is 1. The number of nitrogens with zero attached hydrogens (tertiary/aromatic N) is 5. The molecule has 34 heavy (non-hydrogen) atoms. The Morgan fingerprint density at radius 1 is 1.12 bits per heavy atom. The summed E-state index contributed by atoms with van der Waals surface area (Å²) >= 11 is 0. The molecule has 1 atom stereocenters. The Hall–Kier alpha value is -3.33. The second-order valence-electron chi connectivity index (χ2n) is 9.23. The fourth-order valence-corrected chi connectivity index (χ4v) is 4.80. The van der Waals surface area contributed by atoms with Gasteiger partial charge in [-0.15, -0.1) is 0 Å². The van der Waals surface area contributed by atoms with Crippen molar-refractivity contribution in [3.05, 3.63) is 72.2 Å². The van der Waals surface area contributed by atoms with Crippen LogP contribution >= 0.6 is 0 Å². The number of aromatic nitrogens is 4. The molecule has 6 rings (SSSR count). The molecule has 0 amide bonds. The van der Waals surface area contributed by atoms with E-state index in [1.54, 1.807) is 6.20 Å². The van der Waals surface area contributed by atoms with Gasteiger partial charge < -0.3 is 20.3 Å². The molecule has 2 aliphatic heterocycles. The van der Waals surface area contributed by atoms with Crippen molar-refractivity contribution in [2.75, 3.05) is 38.0 Å². The molecule has 1 saturated heterocycles. The molecule has 0 spiro atoms. The van der Waals surface area contributed by atoms with E-state index in [2.05, 4.69) is 66.6 Å². The highest BCUT2D eigenvalue weighted by atomic mass is 16.3. The van der Waals surface area contributed by atoms with Crippen LogP contribution in [0.5, 0.6) is 0 Å². The quantitative estimate of drug-likeness (QED) is 0.394. The first-order valence-electron chi connectivity index (χ1n) is 11.9. The minimum atomic E-state index is -0.484. The fourth-order valence-electron chi connectivity index (χ4n) is 4.80. The minimum Gasteiger partial charge on any atom is -0.390 e. The molecule has 0 saturated carbocycles. The smallest absolute Gasteiger partial charge is 0.161 e. The third kappa shape index (κ3) is 4.27. The molecule has 8 nitrogen and oxygen atoms in total. The van der Waals surface area contributed by atoms with Gasteiger partial charge >= 0.3 is 0 Å². The van der Waals surface area contributed by atoms with Gasteiger partial charge in [0.25, 0.3) is 0 Å². The van der Waals surface area contributed by atoms with Gasteiger partial charge in [0.2, 0.25) is 0 Å². The minimum absolute atomic E-state index is 0.437. The van der Waals surface area contributed by atoms with Gasteiger partial charge in [0, 0.05) is 68.8 Å². The van der Waals surface area contributed by atoms with Crippen LogP contribution in [0.25, 0.3) is 22.4 Å². The average molecular weight is 456 g/mol. The van der Waals surface area contributed by atoms with E-state index in [0.717, 1.165) is 49.2 Å². The van der Waals surface area contributed by atoms with E-state index in [0.29, 0.717) is 30.8 Å². The second kappa shape index (κ2) is 9.13. The molecule has 4 aromatic rings. The van der Waals surface area contributed by atoms with Gasteiger partial charge in [-0.1, -0.05) is 24.3 Å². The van der Waals surface area contributed by atoms with Crippen LogP contribution in [0, 0.1) is 0 Å². The molecular weight excluding hydrogens is 426 g/mol. The highest BCUT2D eigenvalue weighted by Gasteiger charge is 2.21. The first-order valence-corrected chi connectivity index (χ1v) is 11.9. The second-order valence-corrected chi connectivity index (χ2v) is 9.23. The monoisotopic (exact) mass is 455 g/mol. The summed E-state index contributed by atoms with van der Waals surface area (Å²) in [6, 6.07) is 15.0. The summed E-state index contributed by atoms with van der Waals surface area (Å²) in [5.41, 5.74) is 4.65. The molecule has 8 heteroatoms. The summed E-state index contributed by atoms with van der Waals surface area (Å²) in [5, 5.41) is 18.3. The zero-order valence-electron chi connectivity index (χ0n) is 19.1. The first-order chi connectivity index (χ1) is 16.7. The van der Waals surface area contributed by atoms with Crippen LogP contribution in [0.3, 0.4) is 0 Å². The van der Waals surface area contributed by atoms with Crippen LogP contribution in [0.2, 0.25) is 0 Å². The molecule has 1 aromatic carbocycles. The summed E-state index contributed by atoms with van der Waals surface area (Å²) in [4.78, 5) is 16.2. The molecule has 1 fully saturated rings. The number of pyridine rings is 1. The number of nitrogens with one attached hydrogen (secondary N) is 2. The van der Waals surface area contributed by atoms with E-state index in [9.17, 15) is 5.11 Å². The van der Waals surface area contributed by atoms with Crippen LogP contribution in [0.15, 0.2) is 61.1 Å². The Labute approximate surface area is 198 Å². The lowest BCUT2D eigenvalue weighted by atomic mass is 10.00. The van der Waals surface area contributed by atoms with Crippen LogP contribution in [0.1, 0.15) is 17.2 Å². The molecule has 2 aliphatic rings. The number of rotatable bonds is 7. The molecular formula is C26H29N7O. The lowest BCUT2D eigenvalue weighted by molar-refractivity contribution is 0.114. The Morgan fingerprint density at radius 2 is 2.00 bits per heavy atom. The van der Waals surface area contributed by atoms with Crippen LogP contribution in [-0.4, -0.2) is 68.4 Å². The number of anilines is 1. The number of fused-ring (bicyclic) bond motifs is 2. The Morgan fingerprint density at radius 3 is 2.85 bits per heavy atom. The lowest BCUT2D eigenvalue weighted by Crippen LogP contribution is -2.43. The summed E-state index contributed by atoms with van der Waals surface area (Å²) in [6.07, 6.45) is 6.28. The summed E-state index contributed by atoms with van der Waals surface area (Å²) in [7, 11) is 0. The molecule has 3 aromatic heterocycles. The molecule has 174 valence electrons. The lowest BCUT2D eigenvalue weighted by Gasteiger charge is -2.30. The Balaban J connectivity index is 1.10.